The number of sulfonamides is 1. The van der Waals surface area contributed by atoms with Gasteiger partial charge in [-0.1, -0.05) is 48.9 Å². The van der Waals surface area contributed by atoms with Crippen molar-refractivity contribution < 1.29 is 13.2 Å². The molecule has 0 aliphatic carbocycles. The van der Waals surface area contributed by atoms with Crippen molar-refractivity contribution in [1.82, 2.24) is 5.32 Å². The third-order valence-corrected chi connectivity index (χ3v) is 6.49. The Hall–Kier alpha value is -1.70. The summed E-state index contributed by atoms with van der Waals surface area (Å²) in [6.07, 6.45) is 1.50. The lowest BCUT2D eigenvalue weighted by molar-refractivity contribution is -0.122. The number of nitrogens with zero attached hydrogens (tertiary/aromatic N) is 1. The van der Waals surface area contributed by atoms with Gasteiger partial charge in [0.25, 0.3) is 0 Å². The van der Waals surface area contributed by atoms with E-state index < -0.39 is 16.1 Å². The lowest BCUT2D eigenvalue weighted by Crippen LogP contribution is -2.49. The lowest BCUT2D eigenvalue weighted by atomic mass is 10.2. The highest BCUT2D eigenvalue weighted by Crippen LogP contribution is 2.22. The Labute approximate surface area is 176 Å². The standard InChI is InChI=1S/C20H25ClN2O3S2/c1-3-19(23(28(2,25)26)18-10-5-4-6-11-18)20(24)22-12-13-27-15-16-8-7-9-17(21)14-16/h4-11,14,19H,3,12-13,15H2,1-2H3,(H,22,24)/t19-/m0/s1. The number of halogens is 1. The van der Waals surface area contributed by atoms with Crippen molar-refractivity contribution >= 4 is 45.0 Å². The zero-order chi connectivity index (χ0) is 20.6. The van der Waals surface area contributed by atoms with Gasteiger partial charge in [-0.05, 0) is 36.2 Å². The minimum absolute atomic E-state index is 0.292. The molecule has 2 rings (SSSR count). The quantitative estimate of drug-likeness (QED) is 0.568. The summed E-state index contributed by atoms with van der Waals surface area (Å²) >= 11 is 7.66. The molecule has 0 fully saturated rings. The van der Waals surface area contributed by atoms with E-state index in [9.17, 15) is 13.2 Å². The second-order valence-corrected chi connectivity index (χ2v) is 9.69. The molecule has 5 nitrogen and oxygen atoms in total. The van der Waals surface area contributed by atoms with Crippen molar-refractivity contribution in [3.05, 3.63) is 65.2 Å². The zero-order valence-electron chi connectivity index (χ0n) is 16.0. The van der Waals surface area contributed by atoms with E-state index in [0.717, 1.165) is 23.3 Å². The molecule has 0 bridgehead atoms. The summed E-state index contributed by atoms with van der Waals surface area (Å²) in [5, 5.41) is 3.57. The topological polar surface area (TPSA) is 66.5 Å². The van der Waals surface area contributed by atoms with Crippen LogP contribution >= 0.6 is 23.4 Å². The van der Waals surface area contributed by atoms with Crippen LogP contribution in [0.4, 0.5) is 5.69 Å². The summed E-state index contributed by atoms with van der Waals surface area (Å²) in [4.78, 5) is 12.7. The molecule has 8 heteroatoms. The highest BCUT2D eigenvalue weighted by molar-refractivity contribution is 7.98. The number of carbonyl (C=O) groups excluding carboxylic acids is 1. The van der Waals surface area contributed by atoms with Gasteiger partial charge < -0.3 is 5.32 Å². The van der Waals surface area contributed by atoms with E-state index in [-0.39, 0.29) is 5.91 Å². The molecule has 1 N–H and O–H groups in total. The van der Waals surface area contributed by atoms with E-state index in [1.807, 2.05) is 30.3 Å². The molecule has 1 amide bonds. The average molecular weight is 441 g/mol. The monoisotopic (exact) mass is 440 g/mol. The molecule has 2 aromatic carbocycles. The summed E-state index contributed by atoms with van der Waals surface area (Å²) < 4.78 is 25.9. The fraction of sp³-hybridized carbons (Fsp3) is 0.350. The van der Waals surface area contributed by atoms with Crippen LogP contribution in [0.2, 0.25) is 5.02 Å². The number of hydrogen-bond acceptors (Lipinski definition) is 4. The van der Waals surface area contributed by atoms with Gasteiger partial charge in [0, 0.05) is 23.1 Å². The van der Waals surface area contributed by atoms with Crippen LogP contribution in [0.25, 0.3) is 0 Å². The third kappa shape index (κ3) is 6.72. The van der Waals surface area contributed by atoms with Gasteiger partial charge >= 0.3 is 0 Å². The van der Waals surface area contributed by atoms with Crippen molar-refractivity contribution in [3.8, 4) is 0 Å². The first kappa shape index (κ1) is 22.6. The predicted molar refractivity (Wildman–Crippen MR) is 118 cm³/mol. The van der Waals surface area contributed by atoms with Crippen LogP contribution < -0.4 is 9.62 Å². The van der Waals surface area contributed by atoms with Gasteiger partial charge in [0.15, 0.2) is 0 Å². The number of thioether (sulfide) groups is 1. The third-order valence-electron chi connectivity index (χ3n) is 4.04. The molecule has 0 saturated heterocycles. The zero-order valence-corrected chi connectivity index (χ0v) is 18.4. The largest absolute Gasteiger partial charge is 0.353 e. The molecule has 0 aliphatic heterocycles. The maximum atomic E-state index is 12.7. The normalized spacial score (nSPS) is 12.4. The van der Waals surface area contributed by atoms with E-state index in [1.165, 1.54) is 4.31 Å². The van der Waals surface area contributed by atoms with Crippen LogP contribution in [0.3, 0.4) is 0 Å². The van der Waals surface area contributed by atoms with Gasteiger partial charge in [-0.2, -0.15) is 11.8 Å². The smallest absolute Gasteiger partial charge is 0.243 e. The fourth-order valence-electron chi connectivity index (χ4n) is 2.82. The minimum Gasteiger partial charge on any atom is -0.353 e. The highest BCUT2D eigenvalue weighted by atomic mass is 35.5. The van der Waals surface area contributed by atoms with E-state index in [0.29, 0.717) is 23.7 Å². The second kappa shape index (κ2) is 10.7. The summed E-state index contributed by atoms with van der Waals surface area (Å²) in [6, 6.07) is 15.6. The van der Waals surface area contributed by atoms with Crippen LogP contribution in [0, 0.1) is 0 Å². The van der Waals surface area contributed by atoms with Gasteiger partial charge in [-0.25, -0.2) is 8.42 Å². The van der Waals surface area contributed by atoms with Gasteiger partial charge in [-0.15, -0.1) is 0 Å². The van der Waals surface area contributed by atoms with Crippen molar-refractivity contribution in [2.24, 2.45) is 0 Å². The van der Waals surface area contributed by atoms with Crippen molar-refractivity contribution in [3.63, 3.8) is 0 Å². The number of hydrogen-bond donors (Lipinski definition) is 1. The summed E-state index contributed by atoms with van der Waals surface area (Å²) in [5.74, 6) is 1.23. The van der Waals surface area contributed by atoms with Gasteiger partial charge in [0.05, 0.1) is 11.9 Å². The number of anilines is 1. The highest BCUT2D eigenvalue weighted by Gasteiger charge is 2.31. The Kier molecular flexibility index (Phi) is 8.66. The van der Waals surface area contributed by atoms with Gasteiger partial charge in [0.1, 0.15) is 6.04 Å². The van der Waals surface area contributed by atoms with Crippen LogP contribution in [0.15, 0.2) is 54.6 Å². The second-order valence-electron chi connectivity index (χ2n) is 6.29. The van der Waals surface area contributed by atoms with Crippen molar-refractivity contribution in [2.45, 2.75) is 25.1 Å². The SMILES string of the molecule is CC[C@@H](C(=O)NCCSCc1cccc(Cl)c1)N(c1ccccc1)S(C)(=O)=O. The van der Waals surface area contributed by atoms with Crippen LogP contribution in [0.5, 0.6) is 0 Å². The number of amides is 1. The molecule has 0 unspecified atom stereocenters. The Balaban J connectivity index is 1.92. The maximum absolute atomic E-state index is 12.7. The Morgan fingerprint density at radius 1 is 1.18 bits per heavy atom. The van der Waals surface area contributed by atoms with E-state index in [2.05, 4.69) is 5.32 Å². The number of carbonyl (C=O) groups is 1. The molecular formula is C20H25ClN2O3S2. The Morgan fingerprint density at radius 2 is 1.89 bits per heavy atom. The summed E-state index contributed by atoms with van der Waals surface area (Å²) in [6.45, 7) is 2.27. The first-order valence-electron chi connectivity index (χ1n) is 8.97. The summed E-state index contributed by atoms with van der Waals surface area (Å²) in [7, 11) is -3.59. The lowest BCUT2D eigenvalue weighted by Gasteiger charge is -2.30. The molecule has 0 heterocycles. The molecule has 28 heavy (non-hydrogen) atoms. The predicted octanol–water partition coefficient (Wildman–Crippen LogP) is 3.93. The van der Waals surface area contributed by atoms with Crippen LogP contribution in [0.1, 0.15) is 18.9 Å². The summed E-state index contributed by atoms with van der Waals surface area (Å²) in [5.41, 5.74) is 1.62. The van der Waals surface area contributed by atoms with Crippen molar-refractivity contribution in [2.75, 3.05) is 22.9 Å². The van der Waals surface area contributed by atoms with Gasteiger partial charge in [0.2, 0.25) is 15.9 Å². The molecule has 0 saturated carbocycles. The number of nitrogens with one attached hydrogen (secondary N) is 1. The molecule has 2 aromatic rings. The first-order chi connectivity index (χ1) is 13.3. The number of benzene rings is 2. The molecular weight excluding hydrogens is 416 g/mol. The van der Waals surface area contributed by atoms with Crippen molar-refractivity contribution in [1.29, 1.82) is 0 Å². The Bertz CT molecular complexity index is 876. The van der Waals surface area contributed by atoms with Gasteiger partial charge in [-0.3, -0.25) is 9.10 Å². The fourth-order valence-corrected chi connectivity index (χ4v) is 5.05. The molecule has 0 spiro atoms. The molecule has 0 aromatic heterocycles. The maximum Gasteiger partial charge on any atom is 0.243 e. The minimum atomic E-state index is -3.59. The average Bonchev–Trinajstić information content (AvgIpc) is 2.65. The molecule has 1 atom stereocenters. The molecule has 0 aliphatic rings. The number of para-hydroxylation sites is 1. The molecule has 152 valence electrons. The van der Waals surface area contributed by atoms with E-state index >= 15 is 0 Å². The first-order valence-corrected chi connectivity index (χ1v) is 12.4. The van der Waals surface area contributed by atoms with Crippen LogP contribution in [-0.2, 0) is 20.6 Å². The van der Waals surface area contributed by atoms with E-state index in [1.54, 1.807) is 43.0 Å². The Morgan fingerprint density at radius 3 is 2.50 bits per heavy atom. The number of rotatable bonds is 10. The molecule has 0 radical (unpaired) electrons. The van der Waals surface area contributed by atoms with Crippen LogP contribution in [-0.4, -0.2) is 38.9 Å². The van der Waals surface area contributed by atoms with E-state index in [4.69, 9.17) is 11.6 Å².